The average Bonchev–Trinajstić information content (AvgIpc) is 2.54. The standard InChI is InChI=1S/C19H20FNO/c1-3-14-12-16(10-11-17(14)20)19(22)21-13(2)8-9-15-6-4-5-7-18(15)21/h4-7,10-13H,3,8-9H2,1-2H3/t13-/m0/s1. The maximum absolute atomic E-state index is 13.7. The molecule has 0 unspecified atom stereocenters. The molecule has 114 valence electrons. The normalized spacial score (nSPS) is 17.2. The Morgan fingerprint density at radius 1 is 1.27 bits per heavy atom. The summed E-state index contributed by atoms with van der Waals surface area (Å²) in [6.45, 7) is 3.96. The van der Waals surface area contributed by atoms with Crippen LogP contribution in [0.1, 0.15) is 41.8 Å². The Balaban J connectivity index is 2.01. The highest BCUT2D eigenvalue weighted by Gasteiger charge is 2.28. The summed E-state index contributed by atoms with van der Waals surface area (Å²) in [4.78, 5) is 14.8. The van der Waals surface area contributed by atoms with Crippen molar-refractivity contribution in [3.63, 3.8) is 0 Å². The molecule has 2 nitrogen and oxygen atoms in total. The number of nitrogens with zero attached hydrogens (tertiary/aromatic N) is 1. The molecule has 0 aliphatic carbocycles. The van der Waals surface area contributed by atoms with Crippen LogP contribution in [0.15, 0.2) is 42.5 Å². The number of aryl methyl sites for hydroxylation is 2. The van der Waals surface area contributed by atoms with Gasteiger partial charge in [0.25, 0.3) is 5.91 Å². The molecule has 0 spiro atoms. The molecule has 0 fully saturated rings. The molecular formula is C19H20FNO. The van der Waals surface area contributed by atoms with E-state index in [0.29, 0.717) is 17.5 Å². The number of anilines is 1. The van der Waals surface area contributed by atoms with Gasteiger partial charge in [0.15, 0.2) is 0 Å². The lowest BCUT2D eigenvalue weighted by atomic mass is 9.95. The minimum atomic E-state index is -0.244. The van der Waals surface area contributed by atoms with Crippen molar-refractivity contribution in [2.75, 3.05) is 4.90 Å². The summed E-state index contributed by atoms with van der Waals surface area (Å²) in [6, 6.07) is 12.8. The van der Waals surface area contributed by atoms with Gasteiger partial charge in [-0.05, 0) is 61.6 Å². The van der Waals surface area contributed by atoms with Gasteiger partial charge in [-0.25, -0.2) is 4.39 Å². The highest BCUT2D eigenvalue weighted by Crippen LogP contribution is 2.32. The Morgan fingerprint density at radius 3 is 2.82 bits per heavy atom. The molecule has 1 aliphatic heterocycles. The largest absolute Gasteiger partial charge is 0.305 e. The van der Waals surface area contributed by atoms with E-state index < -0.39 is 0 Å². The van der Waals surface area contributed by atoms with Crippen molar-refractivity contribution in [3.8, 4) is 0 Å². The third-order valence-corrected chi connectivity index (χ3v) is 4.42. The van der Waals surface area contributed by atoms with Gasteiger partial charge in [-0.15, -0.1) is 0 Å². The molecule has 1 aliphatic rings. The summed E-state index contributed by atoms with van der Waals surface area (Å²) in [5, 5.41) is 0. The molecule has 0 bridgehead atoms. The highest BCUT2D eigenvalue weighted by molar-refractivity contribution is 6.07. The monoisotopic (exact) mass is 297 g/mol. The van der Waals surface area contributed by atoms with Crippen LogP contribution in [0.5, 0.6) is 0 Å². The Bertz CT molecular complexity index is 710. The van der Waals surface area contributed by atoms with Gasteiger partial charge in [0.05, 0.1) is 0 Å². The number of hydrogen-bond acceptors (Lipinski definition) is 1. The topological polar surface area (TPSA) is 20.3 Å². The Kier molecular flexibility index (Phi) is 3.97. The second-order valence-electron chi connectivity index (χ2n) is 5.85. The van der Waals surface area contributed by atoms with E-state index >= 15 is 0 Å². The van der Waals surface area contributed by atoms with E-state index in [1.165, 1.54) is 11.6 Å². The molecule has 3 heteroatoms. The lowest BCUT2D eigenvalue weighted by molar-refractivity contribution is 0.0975. The fourth-order valence-corrected chi connectivity index (χ4v) is 3.12. The third-order valence-electron chi connectivity index (χ3n) is 4.42. The van der Waals surface area contributed by atoms with Crippen LogP contribution in [-0.4, -0.2) is 11.9 Å². The van der Waals surface area contributed by atoms with Crippen LogP contribution < -0.4 is 4.90 Å². The van der Waals surface area contributed by atoms with E-state index in [9.17, 15) is 9.18 Å². The van der Waals surface area contributed by atoms with Crippen LogP contribution in [0.4, 0.5) is 10.1 Å². The SMILES string of the molecule is CCc1cc(C(=O)N2c3ccccc3CC[C@@H]2C)ccc1F. The van der Waals surface area contributed by atoms with Crippen molar-refractivity contribution < 1.29 is 9.18 Å². The summed E-state index contributed by atoms with van der Waals surface area (Å²) < 4.78 is 13.7. The first-order valence-electron chi connectivity index (χ1n) is 7.81. The summed E-state index contributed by atoms with van der Waals surface area (Å²) >= 11 is 0. The maximum Gasteiger partial charge on any atom is 0.258 e. The van der Waals surface area contributed by atoms with Crippen LogP contribution in [0.3, 0.4) is 0 Å². The molecular weight excluding hydrogens is 277 g/mol. The first-order valence-corrected chi connectivity index (χ1v) is 7.81. The van der Waals surface area contributed by atoms with Gasteiger partial charge in [0.2, 0.25) is 0 Å². The lowest BCUT2D eigenvalue weighted by Crippen LogP contribution is -2.42. The van der Waals surface area contributed by atoms with E-state index in [2.05, 4.69) is 13.0 Å². The molecule has 0 saturated heterocycles. The molecule has 0 aromatic heterocycles. The van der Waals surface area contributed by atoms with Gasteiger partial charge in [-0.3, -0.25) is 4.79 Å². The van der Waals surface area contributed by atoms with Crippen LogP contribution in [0.2, 0.25) is 0 Å². The van der Waals surface area contributed by atoms with Crippen LogP contribution in [0.25, 0.3) is 0 Å². The Hall–Kier alpha value is -2.16. The third kappa shape index (κ3) is 2.52. The van der Waals surface area contributed by atoms with Gasteiger partial charge in [-0.2, -0.15) is 0 Å². The van der Waals surface area contributed by atoms with Crippen molar-refractivity contribution >= 4 is 11.6 Å². The van der Waals surface area contributed by atoms with Gasteiger partial charge in [-0.1, -0.05) is 25.1 Å². The van der Waals surface area contributed by atoms with E-state index in [1.807, 2.05) is 30.0 Å². The Labute approximate surface area is 130 Å². The molecule has 3 rings (SSSR count). The highest BCUT2D eigenvalue weighted by atomic mass is 19.1. The number of carbonyl (C=O) groups is 1. The van der Waals surface area contributed by atoms with Crippen LogP contribution >= 0.6 is 0 Å². The van der Waals surface area contributed by atoms with Gasteiger partial charge >= 0.3 is 0 Å². The second kappa shape index (κ2) is 5.91. The van der Waals surface area contributed by atoms with E-state index in [0.717, 1.165) is 18.5 Å². The fourth-order valence-electron chi connectivity index (χ4n) is 3.12. The number of benzene rings is 2. The van der Waals surface area contributed by atoms with Crippen molar-refractivity contribution in [1.82, 2.24) is 0 Å². The number of rotatable bonds is 2. The molecule has 1 amide bonds. The molecule has 0 N–H and O–H groups in total. The molecule has 0 radical (unpaired) electrons. The number of amides is 1. The zero-order valence-corrected chi connectivity index (χ0v) is 13.0. The molecule has 2 aromatic carbocycles. The minimum absolute atomic E-state index is 0.0469. The van der Waals surface area contributed by atoms with Crippen molar-refractivity contribution in [2.24, 2.45) is 0 Å². The minimum Gasteiger partial charge on any atom is -0.305 e. The van der Waals surface area contributed by atoms with Gasteiger partial charge < -0.3 is 4.90 Å². The van der Waals surface area contributed by atoms with Gasteiger partial charge in [0, 0.05) is 17.3 Å². The first kappa shape index (κ1) is 14.8. The summed E-state index contributed by atoms with van der Waals surface area (Å²) in [5.41, 5.74) is 3.33. The molecule has 22 heavy (non-hydrogen) atoms. The molecule has 1 atom stereocenters. The second-order valence-corrected chi connectivity index (χ2v) is 5.85. The number of fused-ring (bicyclic) bond motifs is 1. The fraction of sp³-hybridized carbons (Fsp3) is 0.316. The number of carbonyl (C=O) groups excluding carboxylic acids is 1. The van der Waals surface area contributed by atoms with E-state index in [4.69, 9.17) is 0 Å². The summed E-state index contributed by atoms with van der Waals surface area (Å²) in [6.07, 6.45) is 2.52. The summed E-state index contributed by atoms with van der Waals surface area (Å²) in [5.74, 6) is -0.291. The lowest BCUT2D eigenvalue weighted by Gasteiger charge is -2.35. The van der Waals surface area contributed by atoms with Crippen LogP contribution in [0, 0.1) is 5.82 Å². The van der Waals surface area contributed by atoms with Gasteiger partial charge in [0.1, 0.15) is 5.82 Å². The van der Waals surface area contributed by atoms with E-state index in [-0.39, 0.29) is 17.8 Å². The predicted octanol–water partition coefficient (Wildman–Crippen LogP) is 4.37. The number of para-hydroxylation sites is 1. The number of halogens is 1. The Morgan fingerprint density at radius 2 is 2.05 bits per heavy atom. The predicted molar refractivity (Wildman–Crippen MR) is 86.8 cm³/mol. The first-order chi connectivity index (χ1) is 10.6. The zero-order valence-electron chi connectivity index (χ0n) is 13.0. The zero-order chi connectivity index (χ0) is 15.7. The molecule has 0 saturated carbocycles. The van der Waals surface area contributed by atoms with E-state index in [1.54, 1.807) is 12.1 Å². The maximum atomic E-state index is 13.7. The van der Waals surface area contributed by atoms with Crippen LogP contribution in [-0.2, 0) is 12.8 Å². The summed E-state index contributed by atoms with van der Waals surface area (Å²) in [7, 11) is 0. The quantitative estimate of drug-likeness (QED) is 0.806. The van der Waals surface area contributed by atoms with Crippen molar-refractivity contribution in [2.45, 2.75) is 39.2 Å². The smallest absolute Gasteiger partial charge is 0.258 e. The van der Waals surface area contributed by atoms with Crippen molar-refractivity contribution in [3.05, 3.63) is 65.0 Å². The van der Waals surface area contributed by atoms with Crippen molar-refractivity contribution in [1.29, 1.82) is 0 Å². The average molecular weight is 297 g/mol. The molecule has 1 heterocycles. The molecule has 2 aromatic rings. The number of hydrogen-bond donors (Lipinski definition) is 0.